The zero-order valence-corrected chi connectivity index (χ0v) is 14.2. The van der Waals surface area contributed by atoms with Gasteiger partial charge >= 0.3 is 0 Å². The summed E-state index contributed by atoms with van der Waals surface area (Å²) in [6.07, 6.45) is 5.80. The maximum absolute atomic E-state index is 12.3. The standard InChI is InChI=1S/C17H32N2O/c1-8-10-13-19(15(20)9-2)14-11-12-16(3,4)18(7)17(14,5)6/h9,14H,2,8,10-13H2,1,3-7H3. The lowest BCUT2D eigenvalue weighted by Gasteiger charge is -2.57. The summed E-state index contributed by atoms with van der Waals surface area (Å²) in [4.78, 5) is 16.7. The van der Waals surface area contributed by atoms with E-state index in [0.717, 1.165) is 32.2 Å². The molecule has 0 aliphatic carbocycles. The van der Waals surface area contributed by atoms with E-state index in [-0.39, 0.29) is 23.0 Å². The van der Waals surface area contributed by atoms with E-state index in [2.05, 4.69) is 53.1 Å². The van der Waals surface area contributed by atoms with Crippen LogP contribution in [0.1, 0.15) is 60.3 Å². The Labute approximate surface area is 125 Å². The molecule has 1 aliphatic rings. The van der Waals surface area contributed by atoms with Gasteiger partial charge in [0.05, 0.1) is 0 Å². The topological polar surface area (TPSA) is 23.6 Å². The third-order valence-corrected chi connectivity index (χ3v) is 5.20. The zero-order valence-electron chi connectivity index (χ0n) is 14.2. The van der Waals surface area contributed by atoms with Crippen LogP contribution in [0.25, 0.3) is 0 Å². The maximum atomic E-state index is 12.3. The van der Waals surface area contributed by atoms with E-state index in [1.54, 1.807) is 0 Å². The lowest BCUT2D eigenvalue weighted by molar-refractivity contribution is -0.137. The average Bonchev–Trinajstić information content (AvgIpc) is 2.38. The predicted octanol–water partition coefficient (Wildman–Crippen LogP) is 3.45. The number of piperidine rings is 1. The normalized spacial score (nSPS) is 25.2. The summed E-state index contributed by atoms with van der Waals surface area (Å²) in [7, 11) is 2.18. The Balaban J connectivity index is 3.01. The molecule has 0 radical (unpaired) electrons. The lowest BCUT2D eigenvalue weighted by atomic mass is 9.76. The van der Waals surface area contributed by atoms with E-state index in [0.29, 0.717) is 0 Å². The molecule has 3 nitrogen and oxygen atoms in total. The molecule has 0 spiro atoms. The first kappa shape index (κ1) is 17.2. The molecule has 0 aromatic rings. The number of rotatable bonds is 5. The molecular weight excluding hydrogens is 248 g/mol. The number of carbonyl (C=O) groups excluding carboxylic acids is 1. The number of amides is 1. The third kappa shape index (κ3) is 3.25. The van der Waals surface area contributed by atoms with Crippen molar-refractivity contribution in [3.63, 3.8) is 0 Å². The minimum Gasteiger partial charge on any atom is -0.334 e. The van der Waals surface area contributed by atoms with Crippen molar-refractivity contribution in [2.24, 2.45) is 0 Å². The van der Waals surface area contributed by atoms with Gasteiger partial charge in [0, 0.05) is 23.7 Å². The van der Waals surface area contributed by atoms with Crippen LogP contribution in [-0.4, -0.2) is 46.4 Å². The molecule has 3 heteroatoms. The van der Waals surface area contributed by atoms with Crippen molar-refractivity contribution in [2.75, 3.05) is 13.6 Å². The highest BCUT2D eigenvalue weighted by molar-refractivity contribution is 5.87. The second-order valence-corrected chi connectivity index (χ2v) is 7.17. The van der Waals surface area contributed by atoms with Crippen LogP contribution >= 0.6 is 0 Å². The number of hydrogen-bond donors (Lipinski definition) is 0. The van der Waals surface area contributed by atoms with Crippen LogP contribution in [0.5, 0.6) is 0 Å². The van der Waals surface area contributed by atoms with Crippen LogP contribution < -0.4 is 0 Å². The highest BCUT2D eigenvalue weighted by Gasteiger charge is 2.47. The number of unbranched alkanes of at least 4 members (excludes halogenated alkanes) is 1. The molecule has 0 N–H and O–H groups in total. The molecule has 1 unspecified atom stereocenters. The summed E-state index contributed by atoms with van der Waals surface area (Å²) in [5, 5.41) is 0. The zero-order chi connectivity index (χ0) is 15.6. The fourth-order valence-electron chi connectivity index (χ4n) is 3.42. The number of hydrogen-bond acceptors (Lipinski definition) is 2. The second-order valence-electron chi connectivity index (χ2n) is 7.17. The number of likely N-dealkylation sites (tertiary alicyclic amines) is 1. The Morgan fingerprint density at radius 1 is 1.40 bits per heavy atom. The molecular formula is C17H32N2O. The average molecular weight is 280 g/mol. The van der Waals surface area contributed by atoms with Gasteiger partial charge in [0.2, 0.25) is 5.91 Å². The maximum Gasteiger partial charge on any atom is 0.246 e. The summed E-state index contributed by atoms with van der Waals surface area (Å²) in [6.45, 7) is 15.8. The van der Waals surface area contributed by atoms with Gasteiger partial charge in [-0.2, -0.15) is 0 Å². The molecule has 1 atom stereocenters. The SMILES string of the molecule is C=CC(=O)N(CCCC)C1CCC(C)(C)N(C)C1(C)C. The van der Waals surface area contributed by atoms with Gasteiger partial charge in [0.1, 0.15) is 0 Å². The minimum atomic E-state index is -0.0197. The van der Waals surface area contributed by atoms with Crippen LogP contribution in [0.4, 0.5) is 0 Å². The lowest BCUT2D eigenvalue weighted by Crippen LogP contribution is -2.67. The van der Waals surface area contributed by atoms with Gasteiger partial charge in [0.25, 0.3) is 0 Å². The van der Waals surface area contributed by atoms with E-state index in [9.17, 15) is 4.79 Å². The molecule has 1 fully saturated rings. The molecule has 0 bridgehead atoms. The van der Waals surface area contributed by atoms with E-state index >= 15 is 0 Å². The van der Waals surface area contributed by atoms with Gasteiger partial charge in [-0.1, -0.05) is 19.9 Å². The first-order chi connectivity index (χ1) is 9.18. The van der Waals surface area contributed by atoms with Crippen molar-refractivity contribution in [3.05, 3.63) is 12.7 Å². The van der Waals surface area contributed by atoms with Crippen molar-refractivity contribution in [2.45, 2.75) is 77.4 Å². The van der Waals surface area contributed by atoms with Crippen molar-refractivity contribution in [1.29, 1.82) is 0 Å². The molecule has 1 amide bonds. The van der Waals surface area contributed by atoms with Crippen LogP contribution in [0.2, 0.25) is 0 Å². The molecule has 0 aromatic heterocycles. The van der Waals surface area contributed by atoms with Gasteiger partial charge in [0.15, 0.2) is 0 Å². The first-order valence-corrected chi connectivity index (χ1v) is 7.85. The summed E-state index contributed by atoms with van der Waals surface area (Å²) in [5.74, 6) is 0.0737. The van der Waals surface area contributed by atoms with E-state index in [4.69, 9.17) is 0 Å². The summed E-state index contributed by atoms with van der Waals surface area (Å²) < 4.78 is 0. The Hall–Kier alpha value is -0.830. The van der Waals surface area contributed by atoms with E-state index in [1.165, 1.54) is 6.08 Å². The Morgan fingerprint density at radius 3 is 2.50 bits per heavy atom. The van der Waals surface area contributed by atoms with Crippen LogP contribution in [0, 0.1) is 0 Å². The van der Waals surface area contributed by atoms with Crippen LogP contribution in [0.3, 0.4) is 0 Å². The van der Waals surface area contributed by atoms with Gasteiger partial charge in [-0.05, 0) is 60.1 Å². The van der Waals surface area contributed by atoms with Gasteiger partial charge in [-0.25, -0.2) is 0 Å². The molecule has 0 aromatic carbocycles. The summed E-state index contributed by atoms with van der Waals surface area (Å²) >= 11 is 0. The minimum absolute atomic E-state index is 0.0197. The molecule has 0 saturated carbocycles. The molecule has 1 rings (SSSR count). The van der Waals surface area contributed by atoms with Gasteiger partial charge in [-0.3, -0.25) is 9.69 Å². The predicted molar refractivity (Wildman–Crippen MR) is 85.8 cm³/mol. The Bertz CT molecular complexity index is 360. The highest BCUT2D eigenvalue weighted by Crippen LogP contribution is 2.39. The highest BCUT2D eigenvalue weighted by atomic mass is 16.2. The van der Waals surface area contributed by atoms with Crippen molar-refractivity contribution in [1.82, 2.24) is 9.80 Å². The van der Waals surface area contributed by atoms with Crippen LogP contribution in [-0.2, 0) is 4.79 Å². The van der Waals surface area contributed by atoms with E-state index in [1.807, 2.05) is 4.90 Å². The molecule has 1 saturated heterocycles. The van der Waals surface area contributed by atoms with Crippen LogP contribution in [0.15, 0.2) is 12.7 Å². The number of carbonyl (C=O) groups is 1. The smallest absolute Gasteiger partial charge is 0.246 e. The third-order valence-electron chi connectivity index (χ3n) is 5.20. The Kier molecular flexibility index (Phi) is 5.42. The number of likely N-dealkylation sites (N-methyl/N-ethyl adjacent to an activating group) is 1. The van der Waals surface area contributed by atoms with Crippen molar-refractivity contribution < 1.29 is 4.79 Å². The fourth-order valence-corrected chi connectivity index (χ4v) is 3.42. The second kappa shape index (κ2) is 6.30. The van der Waals surface area contributed by atoms with E-state index < -0.39 is 0 Å². The number of nitrogens with zero attached hydrogens (tertiary/aromatic N) is 2. The van der Waals surface area contributed by atoms with Gasteiger partial charge < -0.3 is 4.90 Å². The largest absolute Gasteiger partial charge is 0.334 e. The van der Waals surface area contributed by atoms with Gasteiger partial charge in [-0.15, -0.1) is 0 Å². The Morgan fingerprint density at radius 2 is 2.00 bits per heavy atom. The molecule has 20 heavy (non-hydrogen) atoms. The quantitative estimate of drug-likeness (QED) is 0.720. The van der Waals surface area contributed by atoms with Crippen molar-refractivity contribution >= 4 is 5.91 Å². The monoisotopic (exact) mass is 280 g/mol. The molecule has 1 heterocycles. The molecule has 116 valence electrons. The molecule has 1 aliphatic heterocycles. The summed E-state index contributed by atoms with van der Waals surface area (Å²) in [5.41, 5.74) is 0.168. The summed E-state index contributed by atoms with van der Waals surface area (Å²) in [6, 6.07) is 0.262. The first-order valence-electron chi connectivity index (χ1n) is 7.85. The fraction of sp³-hybridized carbons (Fsp3) is 0.824. The van der Waals surface area contributed by atoms with Crippen molar-refractivity contribution in [3.8, 4) is 0 Å².